The topological polar surface area (TPSA) is 68.3 Å². The number of carbonyl (C=O) groups excluding carboxylic acids is 2. The first-order valence-electron chi connectivity index (χ1n) is 9.81. The minimum Gasteiger partial charge on any atom is -0.458 e. The van der Waals surface area contributed by atoms with Crippen LogP contribution in [0.1, 0.15) is 69.0 Å². The van der Waals surface area contributed by atoms with Crippen LogP contribution in [0.4, 0.5) is 0 Å². The Bertz CT molecular complexity index is 853. The van der Waals surface area contributed by atoms with Crippen LogP contribution in [0.3, 0.4) is 0 Å². The number of amides is 1. The first-order valence-corrected chi connectivity index (χ1v) is 11.0. The number of thiophene rings is 1. The predicted octanol–water partition coefficient (Wildman–Crippen LogP) is 5.36. The number of pyridine rings is 1. The molecule has 2 aromatic rings. The number of nitrogens with one attached hydrogen (secondary N) is 1. The molecule has 0 unspecified atom stereocenters. The molecule has 28 heavy (non-hydrogen) atoms. The summed E-state index contributed by atoms with van der Waals surface area (Å²) in [6.07, 6.45) is 8.01. The standard InChI is InChI=1S/C21H27ClN2O3S/c1-21(2,3)27-20(26)14(12-13-8-5-4-6-9-13)24-19(25)18-16(22)17-15(28-18)10-7-11-23-17/h7,10-11,13-14H,4-6,8-9,12H2,1-3H3,(H,24,25)/t14-/m0/s1. The molecular weight excluding hydrogens is 396 g/mol. The highest BCUT2D eigenvalue weighted by Crippen LogP contribution is 2.34. The number of rotatable bonds is 5. The molecule has 0 aliphatic heterocycles. The van der Waals surface area contributed by atoms with Crippen LogP contribution in [0.15, 0.2) is 18.3 Å². The van der Waals surface area contributed by atoms with Crippen molar-refractivity contribution in [3.63, 3.8) is 0 Å². The Kier molecular flexibility index (Phi) is 6.61. The highest BCUT2D eigenvalue weighted by Gasteiger charge is 2.31. The van der Waals surface area contributed by atoms with Crippen LogP contribution >= 0.6 is 22.9 Å². The van der Waals surface area contributed by atoms with Gasteiger partial charge in [0.05, 0.1) is 9.72 Å². The van der Waals surface area contributed by atoms with E-state index < -0.39 is 11.6 Å². The molecule has 0 spiro atoms. The Morgan fingerprint density at radius 2 is 2.04 bits per heavy atom. The van der Waals surface area contributed by atoms with Gasteiger partial charge in [0, 0.05) is 6.20 Å². The zero-order valence-electron chi connectivity index (χ0n) is 16.6. The fraction of sp³-hybridized carbons (Fsp3) is 0.571. The van der Waals surface area contributed by atoms with Crippen LogP contribution in [0.2, 0.25) is 5.02 Å². The molecule has 0 aromatic carbocycles. The lowest BCUT2D eigenvalue weighted by Crippen LogP contribution is -2.45. The number of aromatic nitrogens is 1. The maximum Gasteiger partial charge on any atom is 0.329 e. The van der Waals surface area contributed by atoms with Gasteiger partial charge in [-0.1, -0.05) is 43.7 Å². The largest absolute Gasteiger partial charge is 0.458 e. The van der Waals surface area contributed by atoms with E-state index in [1.165, 1.54) is 30.6 Å². The summed E-state index contributed by atoms with van der Waals surface area (Å²) in [7, 11) is 0. The third-order valence-electron chi connectivity index (χ3n) is 4.89. The van der Waals surface area contributed by atoms with E-state index in [9.17, 15) is 9.59 Å². The fourth-order valence-electron chi connectivity index (χ4n) is 3.61. The molecule has 0 saturated heterocycles. The van der Waals surface area contributed by atoms with Gasteiger partial charge in [-0.2, -0.15) is 0 Å². The van der Waals surface area contributed by atoms with Gasteiger partial charge in [0.25, 0.3) is 5.91 Å². The van der Waals surface area contributed by atoms with Crippen LogP contribution in [-0.2, 0) is 9.53 Å². The summed E-state index contributed by atoms with van der Waals surface area (Å²) >= 11 is 7.67. The first-order chi connectivity index (χ1) is 13.2. The second kappa shape index (κ2) is 8.78. The summed E-state index contributed by atoms with van der Waals surface area (Å²) in [5, 5.41) is 3.22. The van der Waals surface area contributed by atoms with E-state index in [0.29, 0.717) is 27.8 Å². The number of hydrogen-bond acceptors (Lipinski definition) is 5. The molecule has 2 aromatic heterocycles. The molecule has 3 rings (SSSR count). The highest BCUT2D eigenvalue weighted by molar-refractivity contribution is 7.21. The van der Waals surface area contributed by atoms with Crippen molar-refractivity contribution in [2.45, 2.75) is 70.9 Å². The van der Waals surface area contributed by atoms with Crippen LogP contribution in [0.5, 0.6) is 0 Å². The summed E-state index contributed by atoms with van der Waals surface area (Å²) in [4.78, 5) is 30.3. The van der Waals surface area contributed by atoms with E-state index in [1.807, 2.05) is 32.9 Å². The van der Waals surface area contributed by atoms with E-state index in [0.717, 1.165) is 17.5 Å². The Morgan fingerprint density at radius 3 is 2.68 bits per heavy atom. The number of nitrogens with zero attached hydrogens (tertiary/aromatic N) is 1. The highest BCUT2D eigenvalue weighted by atomic mass is 35.5. The fourth-order valence-corrected chi connectivity index (χ4v) is 4.98. The van der Waals surface area contributed by atoms with Gasteiger partial charge >= 0.3 is 5.97 Å². The first kappa shape index (κ1) is 21.1. The van der Waals surface area contributed by atoms with Crippen molar-refractivity contribution in [3.8, 4) is 0 Å². The average Bonchev–Trinajstić information content (AvgIpc) is 2.98. The lowest BCUT2D eigenvalue weighted by molar-refractivity contribution is -0.157. The van der Waals surface area contributed by atoms with Crippen molar-refractivity contribution in [2.75, 3.05) is 0 Å². The Labute approximate surface area is 174 Å². The second-order valence-electron chi connectivity index (χ2n) is 8.39. The Hall–Kier alpha value is -1.66. The van der Waals surface area contributed by atoms with Crippen molar-refractivity contribution >= 4 is 45.0 Å². The number of esters is 1. The minimum atomic E-state index is -0.677. The van der Waals surface area contributed by atoms with Crippen LogP contribution in [0, 0.1) is 5.92 Å². The van der Waals surface area contributed by atoms with Crippen molar-refractivity contribution in [3.05, 3.63) is 28.2 Å². The van der Waals surface area contributed by atoms with Crippen LogP contribution < -0.4 is 5.32 Å². The van der Waals surface area contributed by atoms with Crippen molar-refractivity contribution < 1.29 is 14.3 Å². The lowest BCUT2D eigenvalue weighted by Gasteiger charge is -2.28. The molecule has 2 heterocycles. The SMILES string of the molecule is CC(C)(C)OC(=O)[C@H](CC1CCCCC1)NC(=O)c1sc2cccnc2c1Cl. The minimum absolute atomic E-state index is 0.332. The van der Waals surface area contributed by atoms with Crippen LogP contribution in [0.25, 0.3) is 10.2 Å². The Morgan fingerprint density at radius 1 is 1.32 bits per heavy atom. The molecule has 1 aliphatic rings. The molecule has 0 radical (unpaired) electrons. The van der Waals surface area contributed by atoms with Crippen molar-refractivity contribution in [1.29, 1.82) is 0 Å². The summed E-state index contributed by atoms with van der Waals surface area (Å²) in [6, 6.07) is 3.01. The van der Waals surface area contributed by atoms with E-state index in [2.05, 4.69) is 10.3 Å². The number of halogens is 1. The van der Waals surface area contributed by atoms with E-state index >= 15 is 0 Å². The molecule has 1 aliphatic carbocycles. The third-order valence-corrected chi connectivity index (χ3v) is 6.51. The smallest absolute Gasteiger partial charge is 0.329 e. The summed E-state index contributed by atoms with van der Waals surface area (Å²) in [5.41, 5.74) is 0.00614. The molecule has 7 heteroatoms. The molecule has 1 fully saturated rings. The van der Waals surface area contributed by atoms with Gasteiger partial charge in [-0.25, -0.2) is 4.79 Å². The molecular formula is C21H27ClN2O3S. The van der Waals surface area contributed by atoms with Gasteiger partial charge in [-0.05, 0) is 45.2 Å². The van der Waals surface area contributed by atoms with Gasteiger partial charge in [-0.3, -0.25) is 9.78 Å². The number of carbonyl (C=O) groups is 2. The molecule has 152 valence electrons. The molecule has 1 atom stereocenters. The lowest BCUT2D eigenvalue weighted by atomic mass is 9.84. The Balaban J connectivity index is 1.79. The number of fused-ring (bicyclic) bond motifs is 1. The van der Waals surface area contributed by atoms with E-state index in [-0.39, 0.29) is 11.9 Å². The normalized spacial score (nSPS) is 16.7. The van der Waals surface area contributed by atoms with E-state index in [1.54, 1.807) is 6.20 Å². The number of hydrogen-bond donors (Lipinski definition) is 1. The maximum atomic E-state index is 12.9. The van der Waals surface area contributed by atoms with Gasteiger partial charge in [-0.15, -0.1) is 11.3 Å². The summed E-state index contributed by atoms with van der Waals surface area (Å²) < 4.78 is 6.42. The third kappa shape index (κ3) is 5.23. The predicted molar refractivity (Wildman–Crippen MR) is 113 cm³/mol. The molecule has 1 amide bonds. The zero-order valence-corrected chi connectivity index (χ0v) is 18.2. The van der Waals surface area contributed by atoms with Gasteiger partial charge in [0.15, 0.2) is 0 Å². The molecule has 1 saturated carbocycles. The molecule has 1 N–H and O–H groups in total. The maximum absolute atomic E-state index is 12.9. The monoisotopic (exact) mass is 422 g/mol. The van der Waals surface area contributed by atoms with E-state index in [4.69, 9.17) is 16.3 Å². The second-order valence-corrected chi connectivity index (χ2v) is 9.82. The number of ether oxygens (including phenoxy) is 1. The molecule has 5 nitrogen and oxygen atoms in total. The van der Waals surface area contributed by atoms with Gasteiger partial charge < -0.3 is 10.1 Å². The average molecular weight is 423 g/mol. The quantitative estimate of drug-likeness (QED) is 0.658. The zero-order chi connectivity index (χ0) is 20.3. The molecule has 0 bridgehead atoms. The van der Waals surface area contributed by atoms with Crippen LogP contribution in [-0.4, -0.2) is 28.5 Å². The summed E-state index contributed by atoms with van der Waals surface area (Å²) in [5.74, 6) is -0.312. The van der Waals surface area contributed by atoms with Crippen molar-refractivity contribution in [2.24, 2.45) is 5.92 Å². The van der Waals surface area contributed by atoms with Crippen molar-refractivity contribution in [1.82, 2.24) is 10.3 Å². The summed E-state index contributed by atoms with van der Waals surface area (Å²) in [6.45, 7) is 5.50. The van der Waals surface area contributed by atoms with Gasteiger partial charge in [0.2, 0.25) is 0 Å². The van der Waals surface area contributed by atoms with Gasteiger partial charge in [0.1, 0.15) is 22.0 Å².